The van der Waals surface area contributed by atoms with E-state index >= 15 is 0 Å². The van der Waals surface area contributed by atoms with Crippen molar-refractivity contribution >= 4 is 26.5 Å². The molecule has 1 saturated heterocycles. The van der Waals surface area contributed by atoms with Crippen LogP contribution in [-0.2, 0) is 16.4 Å². The van der Waals surface area contributed by atoms with Gasteiger partial charge in [0, 0.05) is 43.2 Å². The molecule has 1 fully saturated rings. The van der Waals surface area contributed by atoms with E-state index in [9.17, 15) is 17.2 Å². The number of anilines is 1. The Labute approximate surface area is 185 Å². The lowest BCUT2D eigenvalue weighted by molar-refractivity contribution is 0.382. The summed E-state index contributed by atoms with van der Waals surface area (Å²) in [6.45, 7) is 3.47. The first-order valence-electron chi connectivity index (χ1n) is 10.1. The Morgan fingerprint density at radius 1 is 1.03 bits per heavy atom. The van der Waals surface area contributed by atoms with Crippen molar-refractivity contribution in [1.29, 1.82) is 0 Å². The number of piperazine rings is 1. The fourth-order valence-corrected chi connectivity index (χ4v) is 5.97. The van der Waals surface area contributed by atoms with E-state index in [-0.39, 0.29) is 13.1 Å². The molecule has 164 valence electrons. The Balaban J connectivity index is 1.43. The predicted octanol–water partition coefficient (Wildman–Crippen LogP) is 4.55. The molecule has 1 aliphatic rings. The van der Waals surface area contributed by atoms with Crippen LogP contribution in [0.25, 0.3) is 11.3 Å². The first-order chi connectivity index (χ1) is 14.9. The zero-order valence-corrected chi connectivity index (χ0v) is 18.7. The van der Waals surface area contributed by atoms with Crippen LogP contribution in [0, 0.1) is 11.6 Å². The zero-order chi connectivity index (χ0) is 22.0. The van der Waals surface area contributed by atoms with Gasteiger partial charge in [-0.3, -0.25) is 0 Å². The molecule has 1 aromatic heterocycles. The van der Waals surface area contributed by atoms with Crippen molar-refractivity contribution < 1.29 is 17.2 Å². The van der Waals surface area contributed by atoms with Crippen LogP contribution in [0.3, 0.4) is 0 Å². The molecule has 0 N–H and O–H groups in total. The van der Waals surface area contributed by atoms with Crippen molar-refractivity contribution in [3.05, 3.63) is 65.0 Å². The first kappa shape index (κ1) is 21.9. The molecular weight excluding hydrogens is 440 g/mol. The highest BCUT2D eigenvalue weighted by atomic mass is 32.2. The summed E-state index contributed by atoms with van der Waals surface area (Å²) in [5.41, 5.74) is 3.25. The number of thiazole rings is 1. The average molecular weight is 464 g/mol. The van der Waals surface area contributed by atoms with Crippen molar-refractivity contribution in [3.63, 3.8) is 0 Å². The summed E-state index contributed by atoms with van der Waals surface area (Å²) in [6, 6.07) is 10.9. The van der Waals surface area contributed by atoms with E-state index in [2.05, 4.69) is 31.2 Å². The number of sulfonamides is 1. The molecule has 0 bridgehead atoms. The third-order valence-electron chi connectivity index (χ3n) is 5.30. The summed E-state index contributed by atoms with van der Waals surface area (Å²) in [7, 11) is -4.01. The summed E-state index contributed by atoms with van der Waals surface area (Å²) < 4.78 is 53.9. The van der Waals surface area contributed by atoms with Crippen LogP contribution in [0.5, 0.6) is 0 Å². The van der Waals surface area contributed by atoms with E-state index in [0.717, 1.165) is 41.4 Å². The molecule has 0 spiro atoms. The Hall–Kier alpha value is -2.36. The van der Waals surface area contributed by atoms with Gasteiger partial charge in [-0.15, -0.1) is 11.3 Å². The van der Waals surface area contributed by atoms with Gasteiger partial charge in [0.25, 0.3) is 0 Å². The monoisotopic (exact) mass is 463 g/mol. The highest BCUT2D eigenvalue weighted by Gasteiger charge is 2.31. The van der Waals surface area contributed by atoms with Crippen LogP contribution in [0.4, 0.5) is 13.9 Å². The molecule has 0 unspecified atom stereocenters. The van der Waals surface area contributed by atoms with Crippen molar-refractivity contribution in [2.45, 2.75) is 24.7 Å². The van der Waals surface area contributed by atoms with Gasteiger partial charge in [0.2, 0.25) is 10.0 Å². The molecule has 4 rings (SSSR count). The van der Waals surface area contributed by atoms with Crippen LogP contribution >= 0.6 is 11.3 Å². The fraction of sp³-hybridized carbons (Fsp3) is 0.318. The molecular formula is C22H23F2N3O2S2. The molecule has 9 heteroatoms. The molecule has 31 heavy (non-hydrogen) atoms. The smallest absolute Gasteiger partial charge is 0.246 e. The van der Waals surface area contributed by atoms with Crippen molar-refractivity contribution in [2.75, 3.05) is 31.1 Å². The van der Waals surface area contributed by atoms with Gasteiger partial charge in [-0.1, -0.05) is 37.6 Å². The van der Waals surface area contributed by atoms with Gasteiger partial charge in [-0.05, 0) is 24.1 Å². The van der Waals surface area contributed by atoms with E-state index in [1.54, 1.807) is 0 Å². The summed E-state index contributed by atoms with van der Waals surface area (Å²) >= 11 is 1.52. The highest BCUT2D eigenvalue weighted by molar-refractivity contribution is 7.89. The number of benzene rings is 2. The van der Waals surface area contributed by atoms with Gasteiger partial charge in [0.1, 0.15) is 16.5 Å². The number of aryl methyl sites for hydroxylation is 1. The normalized spacial score (nSPS) is 15.4. The van der Waals surface area contributed by atoms with Crippen LogP contribution < -0.4 is 4.90 Å². The van der Waals surface area contributed by atoms with Gasteiger partial charge >= 0.3 is 0 Å². The maximum Gasteiger partial charge on any atom is 0.246 e. The SMILES string of the molecule is CCCc1ccc(-c2csc(N3CCN(S(=O)(=O)c4ccc(F)cc4F)CC3)n2)cc1. The standard InChI is InChI=1S/C22H23F2N3O2S2/c1-2-3-16-4-6-17(7-5-16)20-15-30-22(25-20)26-10-12-27(13-11-26)31(28,29)21-9-8-18(23)14-19(21)24/h4-9,14-15H,2-3,10-13H2,1H3. The van der Waals surface area contributed by atoms with Crippen LogP contribution in [0.1, 0.15) is 18.9 Å². The minimum absolute atomic E-state index is 0.208. The third kappa shape index (κ3) is 4.63. The molecule has 0 aliphatic carbocycles. The van der Waals surface area contributed by atoms with Crippen molar-refractivity contribution in [2.24, 2.45) is 0 Å². The lowest BCUT2D eigenvalue weighted by atomic mass is 10.1. The average Bonchev–Trinajstić information content (AvgIpc) is 3.25. The molecule has 3 aromatic rings. The molecule has 0 amide bonds. The minimum Gasteiger partial charge on any atom is -0.345 e. The van der Waals surface area contributed by atoms with Crippen LogP contribution in [0.15, 0.2) is 52.7 Å². The molecule has 0 saturated carbocycles. The number of hydrogen-bond donors (Lipinski definition) is 0. The molecule has 5 nitrogen and oxygen atoms in total. The summed E-state index contributed by atoms with van der Waals surface area (Å²) in [4.78, 5) is 6.26. The van der Waals surface area contributed by atoms with Crippen LogP contribution in [0.2, 0.25) is 0 Å². The Kier molecular flexibility index (Phi) is 6.36. The second-order valence-corrected chi connectivity index (χ2v) is 10.2. The van der Waals surface area contributed by atoms with Gasteiger partial charge < -0.3 is 4.90 Å². The minimum atomic E-state index is -4.01. The summed E-state index contributed by atoms with van der Waals surface area (Å²) in [6.07, 6.45) is 2.16. The van der Waals surface area contributed by atoms with E-state index in [1.807, 2.05) is 10.3 Å². The van der Waals surface area contributed by atoms with Crippen LogP contribution in [-0.4, -0.2) is 43.9 Å². The number of nitrogens with zero attached hydrogens (tertiary/aromatic N) is 3. The predicted molar refractivity (Wildman–Crippen MR) is 119 cm³/mol. The second-order valence-electron chi connectivity index (χ2n) is 7.43. The maximum absolute atomic E-state index is 14.0. The van der Waals surface area contributed by atoms with E-state index < -0.39 is 26.6 Å². The number of hydrogen-bond acceptors (Lipinski definition) is 5. The molecule has 2 heterocycles. The second kappa shape index (κ2) is 9.02. The lowest BCUT2D eigenvalue weighted by Gasteiger charge is -2.33. The summed E-state index contributed by atoms with van der Waals surface area (Å²) in [5, 5.41) is 2.83. The quantitative estimate of drug-likeness (QED) is 0.538. The Morgan fingerprint density at radius 2 is 1.74 bits per heavy atom. The summed E-state index contributed by atoms with van der Waals surface area (Å²) in [5.74, 6) is -1.88. The van der Waals surface area contributed by atoms with Gasteiger partial charge in [0.05, 0.1) is 5.69 Å². The van der Waals surface area contributed by atoms with E-state index in [1.165, 1.54) is 21.2 Å². The largest absolute Gasteiger partial charge is 0.345 e. The zero-order valence-electron chi connectivity index (χ0n) is 17.1. The van der Waals surface area contributed by atoms with Crippen molar-refractivity contribution in [1.82, 2.24) is 9.29 Å². The Bertz CT molecular complexity index is 1160. The topological polar surface area (TPSA) is 53.5 Å². The number of halogens is 2. The van der Waals surface area contributed by atoms with E-state index in [4.69, 9.17) is 4.98 Å². The van der Waals surface area contributed by atoms with Gasteiger partial charge in [-0.25, -0.2) is 22.2 Å². The maximum atomic E-state index is 14.0. The van der Waals surface area contributed by atoms with Gasteiger partial charge in [-0.2, -0.15) is 4.31 Å². The first-order valence-corrected chi connectivity index (χ1v) is 12.5. The van der Waals surface area contributed by atoms with Gasteiger partial charge in [0.15, 0.2) is 5.13 Å². The highest BCUT2D eigenvalue weighted by Crippen LogP contribution is 2.29. The van der Waals surface area contributed by atoms with Crippen molar-refractivity contribution in [3.8, 4) is 11.3 Å². The third-order valence-corrected chi connectivity index (χ3v) is 8.13. The molecule has 2 aromatic carbocycles. The number of rotatable bonds is 6. The molecule has 0 atom stereocenters. The Morgan fingerprint density at radius 3 is 2.39 bits per heavy atom. The number of aromatic nitrogens is 1. The van der Waals surface area contributed by atoms with E-state index in [0.29, 0.717) is 19.2 Å². The lowest BCUT2D eigenvalue weighted by Crippen LogP contribution is -2.48. The molecule has 0 radical (unpaired) electrons. The fourth-order valence-electron chi connectivity index (χ4n) is 3.62. The molecule has 1 aliphatic heterocycles.